The van der Waals surface area contributed by atoms with Gasteiger partial charge in [-0.2, -0.15) is 0 Å². The topological polar surface area (TPSA) is 64.7 Å². The maximum atomic E-state index is 12.0. The van der Waals surface area contributed by atoms with Crippen molar-refractivity contribution in [3.8, 4) is 0 Å². The van der Waals surface area contributed by atoms with Crippen LogP contribution in [0.4, 0.5) is 0 Å². The molecule has 2 amide bonds. The number of amides is 2. The van der Waals surface area contributed by atoms with E-state index in [0.717, 1.165) is 19.3 Å². The van der Waals surface area contributed by atoms with Gasteiger partial charge >= 0.3 is 0 Å². The molecule has 0 bridgehead atoms. The van der Waals surface area contributed by atoms with E-state index in [2.05, 4.69) is 31.4 Å². The Kier molecular flexibility index (Phi) is 7.23. The number of hydrogen-bond donors (Lipinski definition) is 2. The fraction of sp³-hybridized carbons (Fsp3) is 0.833. The van der Waals surface area contributed by atoms with Crippen molar-refractivity contribution in [3.05, 3.63) is 7.05 Å². The highest BCUT2D eigenvalue weighted by molar-refractivity contribution is 5.78. The summed E-state index contributed by atoms with van der Waals surface area (Å²) < 4.78 is 0. The molecule has 1 fully saturated rings. The van der Waals surface area contributed by atoms with Crippen molar-refractivity contribution < 1.29 is 9.59 Å². The lowest BCUT2D eigenvalue weighted by Gasteiger charge is -2.47. The molecule has 2 radical (unpaired) electrons. The van der Waals surface area contributed by atoms with Crippen LogP contribution in [-0.4, -0.2) is 68.4 Å². The average Bonchev–Trinajstić information content (AvgIpc) is 2.31. The molecule has 0 aromatic carbocycles. The fourth-order valence-electron chi connectivity index (χ4n) is 4.03. The molecule has 2 atom stereocenters. The molecule has 1 aliphatic carbocycles. The average molecular weight is 338 g/mol. The van der Waals surface area contributed by atoms with E-state index in [-0.39, 0.29) is 35.2 Å². The molecule has 0 aromatic heterocycles. The van der Waals surface area contributed by atoms with Gasteiger partial charge in [0.05, 0.1) is 13.1 Å². The third-order valence-corrected chi connectivity index (χ3v) is 4.37. The molecule has 1 rings (SSSR count). The van der Waals surface area contributed by atoms with E-state index in [1.807, 2.05) is 19.0 Å². The predicted octanol–water partition coefficient (Wildman–Crippen LogP) is 0.966. The lowest BCUT2D eigenvalue weighted by molar-refractivity contribution is -0.124. The maximum absolute atomic E-state index is 12.0. The number of hydrogen-bond acceptors (Lipinski definition) is 4. The molecule has 6 nitrogen and oxygen atoms in total. The summed E-state index contributed by atoms with van der Waals surface area (Å²) in [5.41, 5.74) is 0.0854. The summed E-state index contributed by atoms with van der Waals surface area (Å²) in [6.07, 6.45) is 2.82. The number of carbonyl (C=O) groups is 2. The molecular formula is C18H34N4O2. The second-order valence-corrected chi connectivity index (χ2v) is 8.75. The highest BCUT2D eigenvalue weighted by atomic mass is 16.2. The molecule has 2 N–H and O–H groups in total. The Labute approximate surface area is 147 Å². The van der Waals surface area contributed by atoms with Crippen LogP contribution in [0, 0.1) is 17.9 Å². The van der Waals surface area contributed by atoms with Gasteiger partial charge in [-0.1, -0.05) is 20.8 Å². The van der Waals surface area contributed by atoms with Crippen LogP contribution < -0.4 is 10.6 Å². The van der Waals surface area contributed by atoms with Crippen LogP contribution in [0.25, 0.3) is 0 Å². The van der Waals surface area contributed by atoms with Gasteiger partial charge in [-0.25, -0.2) is 0 Å². The Morgan fingerprint density at radius 3 is 2.25 bits per heavy atom. The van der Waals surface area contributed by atoms with Crippen LogP contribution in [0.5, 0.6) is 0 Å². The predicted molar refractivity (Wildman–Crippen MR) is 96.2 cm³/mol. The molecule has 0 spiro atoms. The van der Waals surface area contributed by atoms with Crippen LogP contribution in [0.1, 0.15) is 40.0 Å². The smallest absolute Gasteiger partial charge is 0.234 e. The minimum Gasteiger partial charge on any atom is -0.354 e. The minimum atomic E-state index is -0.0540. The zero-order chi connectivity index (χ0) is 18.5. The molecule has 0 saturated heterocycles. The Morgan fingerprint density at radius 1 is 1.08 bits per heavy atom. The third-order valence-electron chi connectivity index (χ3n) is 4.37. The monoisotopic (exact) mass is 338 g/mol. The molecular weight excluding hydrogens is 304 g/mol. The zero-order valence-corrected chi connectivity index (χ0v) is 16.1. The van der Waals surface area contributed by atoms with Crippen molar-refractivity contribution >= 4 is 11.8 Å². The highest BCUT2D eigenvalue weighted by Crippen LogP contribution is 2.45. The van der Waals surface area contributed by atoms with Gasteiger partial charge in [0.1, 0.15) is 0 Å². The van der Waals surface area contributed by atoms with E-state index in [9.17, 15) is 9.59 Å². The van der Waals surface area contributed by atoms with Crippen LogP contribution in [-0.2, 0) is 9.59 Å². The number of likely N-dealkylation sites (N-methyl/N-ethyl adjacent to an activating group) is 2. The molecule has 24 heavy (non-hydrogen) atoms. The Morgan fingerprint density at radius 2 is 1.71 bits per heavy atom. The summed E-state index contributed by atoms with van der Waals surface area (Å²) in [6, 6.07) is 0.108. The number of nitrogens with one attached hydrogen (secondary N) is 2. The largest absolute Gasteiger partial charge is 0.354 e. The van der Waals surface area contributed by atoms with Crippen molar-refractivity contribution in [2.45, 2.75) is 46.1 Å². The summed E-state index contributed by atoms with van der Waals surface area (Å²) >= 11 is 0. The molecule has 2 unspecified atom stereocenters. The van der Waals surface area contributed by atoms with Gasteiger partial charge in [0.15, 0.2) is 0 Å². The molecule has 0 aromatic rings. The molecule has 1 saturated carbocycles. The van der Waals surface area contributed by atoms with Gasteiger partial charge in [-0.05, 0) is 51.2 Å². The molecule has 0 heterocycles. The second-order valence-electron chi connectivity index (χ2n) is 8.75. The van der Waals surface area contributed by atoms with E-state index in [1.54, 1.807) is 7.05 Å². The number of rotatable bonds is 7. The summed E-state index contributed by atoms with van der Waals surface area (Å²) in [4.78, 5) is 27.2. The molecule has 6 heteroatoms. The van der Waals surface area contributed by atoms with Crippen LogP contribution in [0.15, 0.2) is 0 Å². The van der Waals surface area contributed by atoms with E-state index in [0.29, 0.717) is 13.1 Å². The van der Waals surface area contributed by atoms with Crippen molar-refractivity contribution in [1.29, 1.82) is 0 Å². The summed E-state index contributed by atoms with van der Waals surface area (Å²) in [7, 11) is 11.0. The van der Waals surface area contributed by atoms with Crippen LogP contribution >= 0.6 is 0 Å². The maximum Gasteiger partial charge on any atom is 0.234 e. The SMILES string of the molecule is [CH]N(C)CC(=O)NC1CC(C)(C)CC(C)(CNC(=O)CN(C)C)C1. The molecule has 0 aliphatic heterocycles. The first-order valence-electron chi connectivity index (χ1n) is 8.57. The summed E-state index contributed by atoms with van der Waals surface area (Å²) in [5, 5.41) is 6.15. The first-order valence-corrected chi connectivity index (χ1v) is 8.57. The van der Waals surface area contributed by atoms with Crippen molar-refractivity contribution in [1.82, 2.24) is 20.4 Å². The normalized spacial score (nSPS) is 26.5. The number of nitrogens with zero attached hydrogens (tertiary/aromatic N) is 2. The minimum absolute atomic E-state index is 0.0315. The van der Waals surface area contributed by atoms with Crippen LogP contribution in [0.3, 0.4) is 0 Å². The van der Waals surface area contributed by atoms with Gasteiger partial charge in [-0.3, -0.25) is 14.5 Å². The fourth-order valence-corrected chi connectivity index (χ4v) is 4.03. The Balaban J connectivity index is 2.65. The lowest BCUT2D eigenvalue weighted by atomic mass is 9.62. The first kappa shape index (κ1) is 20.9. The van der Waals surface area contributed by atoms with Gasteiger partial charge in [0, 0.05) is 19.6 Å². The van der Waals surface area contributed by atoms with Gasteiger partial charge < -0.3 is 15.5 Å². The van der Waals surface area contributed by atoms with E-state index in [1.165, 1.54) is 4.90 Å². The first-order chi connectivity index (χ1) is 10.9. The Hall–Kier alpha value is -1.14. The lowest BCUT2D eigenvalue weighted by Crippen LogP contribution is -2.51. The van der Waals surface area contributed by atoms with Crippen molar-refractivity contribution in [2.75, 3.05) is 40.8 Å². The third kappa shape index (κ3) is 7.62. The van der Waals surface area contributed by atoms with Crippen molar-refractivity contribution in [3.63, 3.8) is 0 Å². The second kappa shape index (κ2) is 8.30. The van der Waals surface area contributed by atoms with E-state index >= 15 is 0 Å². The summed E-state index contributed by atoms with van der Waals surface area (Å²) in [5.74, 6) is -0.0170. The number of carbonyl (C=O) groups excluding carboxylic acids is 2. The summed E-state index contributed by atoms with van der Waals surface area (Å²) in [6.45, 7) is 7.85. The van der Waals surface area contributed by atoms with Gasteiger partial charge in [0.25, 0.3) is 0 Å². The Bertz CT molecular complexity index is 448. The molecule has 1 aliphatic rings. The van der Waals surface area contributed by atoms with Crippen LogP contribution in [0.2, 0.25) is 0 Å². The van der Waals surface area contributed by atoms with Crippen molar-refractivity contribution in [2.24, 2.45) is 10.8 Å². The standard InChI is InChI=1S/C18H34N4O2/c1-17(2)8-14(20-16(24)11-22(6)7)9-18(3,12-17)13-19-15(23)10-21(4)5/h6,14H,8-13H2,1-5,7H3,(H,19,23)(H,20,24). The van der Waals surface area contributed by atoms with E-state index in [4.69, 9.17) is 7.05 Å². The molecule has 138 valence electrons. The van der Waals surface area contributed by atoms with Gasteiger partial charge in [-0.15, -0.1) is 0 Å². The highest BCUT2D eigenvalue weighted by Gasteiger charge is 2.41. The van der Waals surface area contributed by atoms with E-state index < -0.39 is 0 Å². The zero-order valence-electron chi connectivity index (χ0n) is 16.1. The quantitative estimate of drug-likeness (QED) is 0.679. The van der Waals surface area contributed by atoms with Gasteiger partial charge in [0.2, 0.25) is 11.8 Å².